The molecule has 0 bridgehead atoms. The molecule has 1 aromatic carbocycles. The van der Waals surface area contributed by atoms with E-state index >= 15 is 0 Å². The van der Waals surface area contributed by atoms with Crippen molar-refractivity contribution in [2.45, 2.75) is 37.2 Å². The number of amides is 1. The maximum Gasteiger partial charge on any atom is 0.274 e. The standard InChI is InChI=1S/C22H24ClFN6O2/c1-29-11-25-19(20(29)21(31)27-15-3-4-17(24)16(23)7-15)12-5-13-8-22(32,9-14(13)6-12)18-10-26-30(2)28-18/h3-4,7,10-14,32H,5-6,8-9H2,1-2H3,(H,27,31). The van der Waals surface area contributed by atoms with Crippen molar-refractivity contribution in [3.63, 3.8) is 0 Å². The first kappa shape index (κ1) is 21.1. The highest BCUT2D eigenvalue weighted by molar-refractivity contribution is 6.31. The van der Waals surface area contributed by atoms with Crippen LogP contribution in [0.15, 0.2) is 30.7 Å². The topological polar surface area (TPSA) is 97.9 Å². The van der Waals surface area contributed by atoms with Gasteiger partial charge in [-0.2, -0.15) is 15.0 Å². The van der Waals surface area contributed by atoms with Crippen LogP contribution in [0.2, 0.25) is 5.02 Å². The van der Waals surface area contributed by atoms with Gasteiger partial charge in [-0.05, 0) is 55.7 Å². The van der Waals surface area contributed by atoms with E-state index in [9.17, 15) is 14.3 Å². The van der Waals surface area contributed by atoms with Crippen molar-refractivity contribution < 1.29 is 14.3 Å². The van der Waals surface area contributed by atoms with Crippen LogP contribution in [-0.2, 0) is 19.7 Å². The Morgan fingerprint density at radius 3 is 2.62 bits per heavy atom. The highest BCUT2D eigenvalue weighted by atomic mass is 35.5. The normalized spacial score (nSPS) is 27.0. The van der Waals surface area contributed by atoms with Gasteiger partial charge in [-0.25, -0.2) is 9.37 Å². The third-order valence-corrected chi connectivity index (χ3v) is 7.15. The number of anilines is 1. The average molecular weight is 459 g/mol. The van der Waals surface area contributed by atoms with Gasteiger partial charge in [0.25, 0.3) is 5.91 Å². The van der Waals surface area contributed by atoms with Crippen LogP contribution in [-0.4, -0.2) is 35.6 Å². The molecule has 3 aromatic rings. The third-order valence-electron chi connectivity index (χ3n) is 6.86. The molecule has 2 aliphatic rings. The summed E-state index contributed by atoms with van der Waals surface area (Å²) in [6, 6.07) is 4.08. The summed E-state index contributed by atoms with van der Waals surface area (Å²) in [6.45, 7) is 0. The zero-order valence-electron chi connectivity index (χ0n) is 17.8. The number of carbonyl (C=O) groups excluding carboxylic acids is 1. The SMILES string of the molecule is Cn1ncc(C2(O)CC3CC(c4ncn(C)c4C(=O)Nc4ccc(F)c(Cl)c4)CC3C2)n1. The number of fused-ring (bicyclic) bond motifs is 1. The predicted molar refractivity (Wildman–Crippen MR) is 116 cm³/mol. The van der Waals surface area contributed by atoms with Crippen molar-refractivity contribution in [1.82, 2.24) is 24.5 Å². The highest BCUT2D eigenvalue weighted by Gasteiger charge is 2.51. The minimum Gasteiger partial charge on any atom is -0.383 e. The summed E-state index contributed by atoms with van der Waals surface area (Å²) in [7, 11) is 3.53. The van der Waals surface area contributed by atoms with Gasteiger partial charge in [-0.3, -0.25) is 4.79 Å². The second-order valence-electron chi connectivity index (χ2n) is 9.02. The van der Waals surface area contributed by atoms with Crippen LogP contribution < -0.4 is 5.32 Å². The summed E-state index contributed by atoms with van der Waals surface area (Å²) in [5.74, 6) is -0.0440. The van der Waals surface area contributed by atoms with Crippen LogP contribution in [0.1, 0.15) is 53.5 Å². The Labute approximate surface area is 189 Å². The third kappa shape index (κ3) is 3.59. The molecule has 0 spiro atoms. The molecule has 2 aliphatic carbocycles. The quantitative estimate of drug-likeness (QED) is 0.624. The Balaban J connectivity index is 1.32. The van der Waals surface area contributed by atoms with Crippen LogP contribution in [0, 0.1) is 17.7 Å². The lowest BCUT2D eigenvalue weighted by atomic mass is 9.90. The molecule has 32 heavy (non-hydrogen) atoms. The number of imidazole rings is 1. The van der Waals surface area contributed by atoms with E-state index in [2.05, 4.69) is 20.5 Å². The molecule has 0 aliphatic heterocycles. The van der Waals surface area contributed by atoms with Gasteiger partial charge in [0.1, 0.15) is 22.8 Å². The van der Waals surface area contributed by atoms with Gasteiger partial charge >= 0.3 is 0 Å². The van der Waals surface area contributed by atoms with E-state index in [-0.39, 0.29) is 16.8 Å². The number of hydrogen-bond acceptors (Lipinski definition) is 5. The molecule has 1 amide bonds. The number of carbonyl (C=O) groups is 1. The van der Waals surface area contributed by atoms with Crippen LogP contribution in [0.4, 0.5) is 10.1 Å². The Bertz CT molecular complexity index is 1180. The van der Waals surface area contributed by atoms with Crippen molar-refractivity contribution in [1.29, 1.82) is 0 Å². The molecule has 168 valence electrons. The van der Waals surface area contributed by atoms with Crippen LogP contribution in [0.3, 0.4) is 0 Å². The molecular formula is C22H24ClFN6O2. The van der Waals surface area contributed by atoms with E-state index in [1.807, 2.05) is 0 Å². The van der Waals surface area contributed by atoms with Crippen LogP contribution in [0.25, 0.3) is 0 Å². The minimum atomic E-state index is -0.944. The lowest BCUT2D eigenvalue weighted by Crippen LogP contribution is -2.24. The fourth-order valence-electron chi connectivity index (χ4n) is 5.44. The molecule has 8 nitrogen and oxygen atoms in total. The first-order chi connectivity index (χ1) is 15.2. The molecule has 2 heterocycles. The summed E-state index contributed by atoms with van der Waals surface area (Å²) in [5, 5.41) is 22.3. The number of rotatable bonds is 4. The lowest BCUT2D eigenvalue weighted by Gasteiger charge is -2.22. The fraction of sp³-hybridized carbons (Fsp3) is 0.455. The van der Waals surface area contributed by atoms with Gasteiger partial charge in [0.05, 0.1) is 23.2 Å². The summed E-state index contributed by atoms with van der Waals surface area (Å²) in [5.41, 5.74) is 1.35. The zero-order valence-corrected chi connectivity index (χ0v) is 18.6. The van der Waals surface area contributed by atoms with Crippen molar-refractivity contribution in [2.24, 2.45) is 25.9 Å². The molecule has 0 radical (unpaired) electrons. The maximum absolute atomic E-state index is 13.4. The second-order valence-corrected chi connectivity index (χ2v) is 9.43. The number of aliphatic hydroxyl groups is 1. The van der Waals surface area contributed by atoms with Gasteiger partial charge < -0.3 is 15.0 Å². The molecule has 10 heteroatoms. The number of aryl methyl sites for hydroxylation is 2. The number of hydrogen-bond donors (Lipinski definition) is 2. The van der Waals surface area contributed by atoms with Gasteiger partial charge in [0.15, 0.2) is 0 Å². The molecule has 2 fully saturated rings. The summed E-state index contributed by atoms with van der Waals surface area (Å²) >= 11 is 5.84. The molecular weight excluding hydrogens is 435 g/mol. The molecule has 5 rings (SSSR count). The van der Waals surface area contributed by atoms with E-state index in [0.29, 0.717) is 41.8 Å². The predicted octanol–water partition coefficient (Wildman–Crippen LogP) is 3.38. The lowest BCUT2D eigenvalue weighted by molar-refractivity contribution is 0.0295. The van der Waals surface area contributed by atoms with E-state index < -0.39 is 11.4 Å². The van der Waals surface area contributed by atoms with Crippen LogP contribution in [0.5, 0.6) is 0 Å². The molecule has 2 unspecified atom stereocenters. The Morgan fingerprint density at radius 2 is 2.00 bits per heavy atom. The van der Waals surface area contributed by atoms with Gasteiger partial charge in [0, 0.05) is 25.7 Å². The number of nitrogens with one attached hydrogen (secondary N) is 1. The van der Waals surface area contributed by atoms with Gasteiger partial charge in [0.2, 0.25) is 0 Å². The van der Waals surface area contributed by atoms with E-state index in [0.717, 1.165) is 18.5 Å². The average Bonchev–Trinajstić information content (AvgIpc) is 3.48. The first-order valence-corrected chi connectivity index (χ1v) is 11.0. The van der Waals surface area contributed by atoms with Gasteiger partial charge in [-0.15, -0.1) is 0 Å². The first-order valence-electron chi connectivity index (χ1n) is 10.6. The minimum absolute atomic E-state index is 0.0489. The summed E-state index contributed by atoms with van der Waals surface area (Å²) in [4.78, 5) is 19.1. The number of nitrogens with zero attached hydrogens (tertiary/aromatic N) is 5. The smallest absolute Gasteiger partial charge is 0.274 e. The Hall–Kier alpha value is -2.78. The number of benzene rings is 1. The number of aromatic nitrogens is 5. The van der Waals surface area contributed by atoms with Crippen LogP contribution >= 0.6 is 11.6 Å². The molecule has 2 saturated carbocycles. The van der Waals surface area contributed by atoms with Crippen molar-refractivity contribution in [3.8, 4) is 0 Å². The number of halogens is 2. The summed E-state index contributed by atoms with van der Waals surface area (Å²) in [6.07, 6.45) is 6.26. The van der Waals surface area contributed by atoms with Crippen molar-refractivity contribution >= 4 is 23.2 Å². The maximum atomic E-state index is 13.4. The molecule has 2 aromatic heterocycles. The highest BCUT2D eigenvalue weighted by Crippen LogP contribution is 2.56. The van der Waals surface area contributed by atoms with Gasteiger partial charge in [-0.1, -0.05) is 11.6 Å². The fourth-order valence-corrected chi connectivity index (χ4v) is 5.62. The second kappa shape index (κ2) is 7.67. The molecule has 2 N–H and O–H groups in total. The van der Waals surface area contributed by atoms with Crippen molar-refractivity contribution in [2.75, 3.05) is 5.32 Å². The van der Waals surface area contributed by atoms with E-state index in [1.165, 1.54) is 23.0 Å². The zero-order chi connectivity index (χ0) is 22.6. The largest absolute Gasteiger partial charge is 0.383 e. The molecule has 0 saturated heterocycles. The van der Waals surface area contributed by atoms with Crippen molar-refractivity contribution in [3.05, 3.63) is 58.6 Å². The monoisotopic (exact) mass is 458 g/mol. The Kier molecular flexibility index (Phi) is 5.05. The molecule has 2 atom stereocenters. The van der Waals surface area contributed by atoms with E-state index in [4.69, 9.17) is 11.6 Å². The Morgan fingerprint density at radius 1 is 1.28 bits per heavy atom. The van der Waals surface area contributed by atoms with E-state index in [1.54, 1.807) is 31.2 Å². The summed E-state index contributed by atoms with van der Waals surface area (Å²) < 4.78 is 15.1.